The molecule has 2 aromatic carbocycles. The van der Waals surface area contributed by atoms with E-state index >= 15 is 0 Å². The van der Waals surface area contributed by atoms with E-state index in [-0.39, 0.29) is 29.8 Å². The van der Waals surface area contributed by atoms with Crippen molar-refractivity contribution in [3.05, 3.63) is 57.6 Å². The van der Waals surface area contributed by atoms with Crippen LogP contribution in [0.1, 0.15) is 73.9 Å². The second-order valence-corrected chi connectivity index (χ2v) is 12.5. The Kier molecular flexibility index (Phi) is 10.4. The van der Waals surface area contributed by atoms with Crippen molar-refractivity contribution in [3.63, 3.8) is 0 Å². The van der Waals surface area contributed by atoms with Crippen LogP contribution >= 0.6 is 0 Å². The quantitative estimate of drug-likeness (QED) is 0.226. The van der Waals surface area contributed by atoms with E-state index in [0.29, 0.717) is 52.5 Å². The third-order valence-corrected chi connectivity index (χ3v) is 8.70. The van der Waals surface area contributed by atoms with Crippen LogP contribution in [0.15, 0.2) is 24.3 Å². The number of fused-ring (bicyclic) bond motifs is 4. The number of hydrogen-bond donors (Lipinski definition) is 2. The lowest BCUT2D eigenvalue weighted by Gasteiger charge is -2.31. The van der Waals surface area contributed by atoms with E-state index in [1.807, 2.05) is 0 Å². The highest BCUT2D eigenvalue weighted by Gasteiger charge is 2.56. The van der Waals surface area contributed by atoms with Gasteiger partial charge in [0.25, 0.3) is 0 Å². The minimum atomic E-state index is -0.299. The summed E-state index contributed by atoms with van der Waals surface area (Å²) in [5.74, 6) is 1.47. The molecule has 0 aliphatic heterocycles. The van der Waals surface area contributed by atoms with Crippen LogP contribution in [0.25, 0.3) is 0 Å². The van der Waals surface area contributed by atoms with Crippen molar-refractivity contribution in [3.8, 4) is 11.5 Å². The predicted molar refractivity (Wildman–Crippen MR) is 157 cm³/mol. The van der Waals surface area contributed by atoms with Gasteiger partial charge in [0.05, 0.1) is 26.4 Å². The number of ether oxygens (including phenoxy) is 6. The summed E-state index contributed by atoms with van der Waals surface area (Å²) in [4.78, 5) is 0. The van der Waals surface area contributed by atoms with E-state index in [9.17, 15) is 10.2 Å². The Hall–Kier alpha value is -2.20. The zero-order chi connectivity index (χ0) is 29.7. The Labute approximate surface area is 244 Å². The van der Waals surface area contributed by atoms with Gasteiger partial charge in [0, 0.05) is 19.6 Å². The average Bonchev–Trinajstić information content (AvgIpc) is 3.28. The van der Waals surface area contributed by atoms with Gasteiger partial charge >= 0.3 is 0 Å². The molecule has 2 aromatic rings. The highest BCUT2D eigenvalue weighted by molar-refractivity contribution is 5.64. The van der Waals surface area contributed by atoms with Crippen molar-refractivity contribution >= 4 is 0 Å². The third kappa shape index (κ3) is 6.58. The first-order valence-corrected chi connectivity index (χ1v) is 14.6. The van der Waals surface area contributed by atoms with E-state index in [4.69, 9.17) is 28.4 Å². The molecule has 0 bridgehead atoms. The summed E-state index contributed by atoms with van der Waals surface area (Å²) in [5, 5.41) is 18.4. The van der Waals surface area contributed by atoms with Crippen LogP contribution in [-0.4, -0.2) is 77.7 Å². The molecule has 0 heterocycles. The van der Waals surface area contributed by atoms with Gasteiger partial charge in [-0.05, 0) is 82.0 Å². The maximum atomic E-state index is 9.23. The molecule has 1 atom stereocenters. The molecular weight excluding hydrogens is 524 g/mol. The lowest BCUT2D eigenvalue weighted by molar-refractivity contribution is -0.00154. The Morgan fingerprint density at radius 3 is 1.46 bits per heavy atom. The monoisotopic (exact) mass is 572 g/mol. The summed E-state index contributed by atoms with van der Waals surface area (Å²) in [7, 11) is 3.34. The Balaban J connectivity index is 1.85. The van der Waals surface area contributed by atoms with Crippen molar-refractivity contribution in [2.75, 3.05) is 67.4 Å². The lowest BCUT2D eigenvalue weighted by atomic mass is 9.72. The number of rotatable bonds is 16. The summed E-state index contributed by atoms with van der Waals surface area (Å²) in [6, 6.07) is 9.12. The van der Waals surface area contributed by atoms with Crippen LogP contribution in [0.3, 0.4) is 0 Å². The van der Waals surface area contributed by atoms with Crippen LogP contribution in [0.4, 0.5) is 0 Å². The molecule has 0 saturated heterocycles. The topological polar surface area (TPSA) is 95.8 Å². The maximum absolute atomic E-state index is 9.23. The molecule has 2 N–H and O–H groups in total. The molecule has 4 rings (SSSR count). The Morgan fingerprint density at radius 2 is 1.00 bits per heavy atom. The summed E-state index contributed by atoms with van der Waals surface area (Å²) >= 11 is 0. The molecular formula is C33H48O8. The fraction of sp³-hybridized carbons (Fsp3) is 0.636. The Bertz CT molecular complexity index is 1080. The third-order valence-electron chi connectivity index (χ3n) is 8.70. The molecule has 1 unspecified atom stereocenters. The van der Waals surface area contributed by atoms with E-state index in [0.717, 1.165) is 24.3 Å². The van der Waals surface area contributed by atoms with Gasteiger partial charge in [0.2, 0.25) is 0 Å². The minimum Gasteiger partial charge on any atom is -0.487 e. The fourth-order valence-corrected chi connectivity index (χ4v) is 7.10. The number of aliphatic hydroxyl groups excluding tert-OH is 2. The van der Waals surface area contributed by atoms with E-state index in [1.165, 1.54) is 33.4 Å². The largest absolute Gasteiger partial charge is 0.487 e. The van der Waals surface area contributed by atoms with Gasteiger partial charge in [-0.1, -0.05) is 39.8 Å². The molecule has 228 valence electrons. The minimum absolute atomic E-state index is 0.0511. The molecule has 0 radical (unpaired) electrons. The first-order chi connectivity index (χ1) is 19.6. The lowest BCUT2D eigenvalue weighted by Crippen LogP contribution is -2.27. The summed E-state index contributed by atoms with van der Waals surface area (Å²) in [5.41, 5.74) is 7.38. The number of benzene rings is 2. The van der Waals surface area contributed by atoms with E-state index in [1.54, 1.807) is 14.2 Å². The van der Waals surface area contributed by atoms with Gasteiger partial charge in [0.15, 0.2) is 11.5 Å². The highest BCUT2D eigenvalue weighted by Crippen LogP contribution is 2.64. The molecule has 41 heavy (non-hydrogen) atoms. The smallest absolute Gasteiger partial charge is 0.161 e. The van der Waals surface area contributed by atoms with Gasteiger partial charge in [0.1, 0.15) is 26.8 Å². The van der Waals surface area contributed by atoms with Gasteiger partial charge in [-0.15, -0.1) is 0 Å². The molecule has 8 heteroatoms. The molecule has 2 aliphatic rings. The van der Waals surface area contributed by atoms with Crippen molar-refractivity contribution in [2.45, 2.75) is 69.6 Å². The fourth-order valence-electron chi connectivity index (χ4n) is 7.10. The molecule has 8 nitrogen and oxygen atoms in total. The Morgan fingerprint density at radius 1 is 0.585 bits per heavy atom. The summed E-state index contributed by atoms with van der Waals surface area (Å²) in [6.07, 6.45) is 3.35. The van der Waals surface area contributed by atoms with Gasteiger partial charge < -0.3 is 38.6 Å². The van der Waals surface area contributed by atoms with Gasteiger partial charge in [-0.25, -0.2) is 0 Å². The van der Waals surface area contributed by atoms with E-state index in [2.05, 4.69) is 52.0 Å². The summed E-state index contributed by atoms with van der Waals surface area (Å²) < 4.78 is 33.5. The van der Waals surface area contributed by atoms with Crippen LogP contribution in [0, 0.1) is 0 Å². The SMILES string of the molecule is COCCOc1cc2c(cc1OCCOC)C1(CC(C)(C)c3cc(CCOCO)c(CCOCO)cc31)CC2(C)C. The molecule has 0 fully saturated rings. The maximum Gasteiger partial charge on any atom is 0.161 e. The van der Waals surface area contributed by atoms with Crippen molar-refractivity contribution in [2.24, 2.45) is 0 Å². The van der Waals surface area contributed by atoms with Crippen molar-refractivity contribution < 1.29 is 38.6 Å². The zero-order valence-electron chi connectivity index (χ0n) is 25.6. The van der Waals surface area contributed by atoms with E-state index < -0.39 is 0 Å². The molecule has 0 aromatic heterocycles. The van der Waals surface area contributed by atoms with Crippen LogP contribution < -0.4 is 9.47 Å². The first kappa shape index (κ1) is 31.7. The van der Waals surface area contributed by atoms with Crippen molar-refractivity contribution in [1.82, 2.24) is 0 Å². The van der Waals surface area contributed by atoms with Crippen LogP contribution in [0.5, 0.6) is 11.5 Å². The van der Waals surface area contributed by atoms with Gasteiger partial charge in [-0.2, -0.15) is 0 Å². The molecule has 1 spiro atoms. The second-order valence-electron chi connectivity index (χ2n) is 12.5. The molecule has 0 amide bonds. The van der Waals surface area contributed by atoms with Gasteiger partial charge in [-0.3, -0.25) is 0 Å². The molecule has 0 saturated carbocycles. The van der Waals surface area contributed by atoms with Crippen LogP contribution in [-0.2, 0) is 48.0 Å². The average molecular weight is 573 g/mol. The van der Waals surface area contributed by atoms with Crippen LogP contribution in [0.2, 0.25) is 0 Å². The first-order valence-electron chi connectivity index (χ1n) is 14.6. The van der Waals surface area contributed by atoms with Crippen molar-refractivity contribution in [1.29, 1.82) is 0 Å². The standard InChI is InChI=1S/C33H48O8/c1-31(2)19-33(27-16-24(8-10-39-22-35)23(15-25(27)31)7-9-38-21-34)20-32(3,4)26-17-29(40-13-11-36-5)30(18-28(26)33)41-14-12-37-6/h15-18,34-35H,7-14,19-22H2,1-6H3. The number of aliphatic hydroxyl groups is 2. The molecule has 2 aliphatic carbocycles. The summed E-state index contributed by atoms with van der Waals surface area (Å²) in [6.45, 7) is 11.5. The second kappa shape index (κ2) is 13.4. The highest BCUT2D eigenvalue weighted by atomic mass is 16.6. The predicted octanol–water partition coefficient (Wildman–Crippen LogP) is 4.40. The number of methoxy groups -OCH3 is 2. The zero-order valence-corrected chi connectivity index (χ0v) is 25.6. The normalized spacial score (nSPS) is 19.9. The number of hydrogen-bond acceptors (Lipinski definition) is 8.